The number of halogens is 3. The Morgan fingerprint density at radius 2 is 1.90 bits per heavy atom. The second-order valence-corrected chi connectivity index (χ2v) is 4.19. The molecule has 3 rings (SSSR count). The molecule has 0 fully saturated rings. The predicted molar refractivity (Wildman–Crippen MR) is 66.3 cm³/mol. The smallest absolute Gasteiger partial charge is 0.289 e. The van der Waals surface area contributed by atoms with E-state index in [0.717, 1.165) is 10.6 Å². The first-order valence-corrected chi connectivity index (χ1v) is 5.70. The third kappa shape index (κ3) is 1.97. The SMILES string of the molecule is O=c1ccnc2cc(-c3ccccc3C(F)(F)F)[nH]n12. The van der Waals surface area contributed by atoms with Crippen LogP contribution in [0.5, 0.6) is 0 Å². The van der Waals surface area contributed by atoms with E-state index in [9.17, 15) is 18.0 Å². The molecule has 0 spiro atoms. The lowest BCUT2D eigenvalue weighted by molar-refractivity contribution is -0.137. The predicted octanol–water partition coefficient (Wildman–Crippen LogP) is 2.71. The first-order chi connectivity index (χ1) is 9.47. The van der Waals surface area contributed by atoms with Crippen LogP contribution in [0.4, 0.5) is 13.2 Å². The van der Waals surface area contributed by atoms with E-state index < -0.39 is 11.7 Å². The van der Waals surface area contributed by atoms with E-state index in [-0.39, 0.29) is 22.5 Å². The van der Waals surface area contributed by atoms with Crippen LogP contribution in [0.15, 0.2) is 47.4 Å². The molecule has 0 saturated carbocycles. The Kier molecular flexibility index (Phi) is 2.63. The fraction of sp³-hybridized carbons (Fsp3) is 0.0769. The highest BCUT2D eigenvalue weighted by Gasteiger charge is 2.33. The molecule has 3 aromatic rings. The molecule has 20 heavy (non-hydrogen) atoms. The minimum absolute atomic E-state index is 0.0232. The molecule has 0 bridgehead atoms. The van der Waals surface area contributed by atoms with E-state index >= 15 is 0 Å². The third-order valence-electron chi connectivity index (χ3n) is 2.90. The molecule has 0 unspecified atom stereocenters. The Hall–Kier alpha value is -2.57. The summed E-state index contributed by atoms with van der Waals surface area (Å²) in [4.78, 5) is 15.5. The van der Waals surface area contributed by atoms with Gasteiger partial charge in [-0.25, -0.2) is 9.50 Å². The van der Waals surface area contributed by atoms with E-state index in [0.29, 0.717) is 0 Å². The summed E-state index contributed by atoms with van der Waals surface area (Å²) in [6.07, 6.45) is -3.16. The van der Waals surface area contributed by atoms with Gasteiger partial charge >= 0.3 is 6.18 Å². The lowest BCUT2D eigenvalue weighted by Crippen LogP contribution is -2.12. The minimum Gasteiger partial charge on any atom is -0.289 e. The van der Waals surface area contributed by atoms with Gasteiger partial charge in [-0.3, -0.25) is 9.89 Å². The van der Waals surface area contributed by atoms with Gasteiger partial charge in [0.1, 0.15) is 0 Å². The maximum Gasteiger partial charge on any atom is 0.417 e. The number of nitrogens with zero attached hydrogens (tertiary/aromatic N) is 2. The van der Waals surface area contributed by atoms with Crippen LogP contribution in [-0.4, -0.2) is 14.6 Å². The number of fused-ring (bicyclic) bond motifs is 1. The summed E-state index contributed by atoms with van der Waals surface area (Å²) in [6.45, 7) is 0. The van der Waals surface area contributed by atoms with E-state index in [1.807, 2.05) is 0 Å². The summed E-state index contributed by atoms with van der Waals surface area (Å²) < 4.78 is 40.0. The van der Waals surface area contributed by atoms with Crippen molar-refractivity contribution in [3.8, 4) is 11.3 Å². The molecule has 1 N–H and O–H groups in total. The average molecular weight is 279 g/mol. The Morgan fingerprint density at radius 3 is 2.60 bits per heavy atom. The summed E-state index contributed by atoms with van der Waals surface area (Å²) in [5.74, 6) is 0. The first kappa shape index (κ1) is 12.5. The lowest BCUT2D eigenvalue weighted by Gasteiger charge is -2.10. The average Bonchev–Trinajstić information content (AvgIpc) is 2.83. The van der Waals surface area contributed by atoms with Gasteiger partial charge in [0.25, 0.3) is 5.56 Å². The Bertz CT molecular complexity index is 832. The highest BCUT2D eigenvalue weighted by atomic mass is 19.4. The van der Waals surface area contributed by atoms with Crippen LogP contribution >= 0.6 is 0 Å². The number of aromatic amines is 1. The van der Waals surface area contributed by atoms with Gasteiger partial charge in [-0.2, -0.15) is 13.2 Å². The standard InChI is InChI=1S/C13H8F3N3O/c14-13(15,16)9-4-2-1-3-8(9)10-7-11-17-6-5-12(20)19(11)18-10/h1-7,18H. The lowest BCUT2D eigenvalue weighted by atomic mass is 10.0. The fourth-order valence-electron chi connectivity index (χ4n) is 2.02. The fourth-order valence-corrected chi connectivity index (χ4v) is 2.02. The van der Waals surface area contributed by atoms with Crippen LogP contribution in [0.3, 0.4) is 0 Å². The van der Waals surface area contributed by atoms with E-state index in [4.69, 9.17) is 0 Å². The van der Waals surface area contributed by atoms with Crippen molar-refractivity contribution < 1.29 is 13.2 Å². The number of nitrogens with one attached hydrogen (secondary N) is 1. The van der Waals surface area contributed by atoms with Gasteiger partial charge in [-0.05, 0) is 6.07 Å². The zero-order valence-electron chi connectivity index (χ0n) is 9.98. The third-order valence-corrected chi connectivity index (χ3v) is 2.90. The Labute approximate surface area is 110 Å². The van der Waals surface area contributed by atoms with Crippen molar-refractivity contribution in [3.05, 3.63) is 58.5 Å². The van der Waals surface area contributed by atoms with E-state index in [1.165, 1.54) is 36.5 Å². The van der Waals surface area contributed by atoms with Gasteiger partial charge in [0, 0.05) is 23.9 Å². The molecule has 0 aliphatic heterocycles. The molecular weight excluding hydrogens is 271 g/mol. The molecule has 0 aliphatic carbocycles. The molecular formula is C13H8F3N3O. The number of hydrogen-bond acceptors (Lipinski definition) is 2. The number of benzene rings is 1. The van der Waals surface area contributed by atoms with Gasteiger partial charge in [-0.1, -0.05) is 18.2 Å². The number of rotatable bonds is 1. The maximum atomic E-state index is 13.0. The highest BCUT2D eigenvalue weighted by molar-refractivity contribution is 5.68. The van der Waals surface area contributed by atoms with Crippen LogP contribution in [0.2, 0.25) is 0 Å². The Morgan fingerprint density at radius 1 is 1.15 bits per heavy atom. The minimum atomic E-state index is -4.47. The summed E-state index contributed by atoms with van der Waals surface area (Å²) in [5, 5.41) is 2.63. The summed E-state index contributed by atoms with van der Waals surface area (Å²) in [5.41, 5.74) is -0.714. The van der Waals surface area contributed by atoms with Crippen LogP contribution in [0.25, 0.3) is 16.9 Å². The topological polar surface area (TPSA) is 50.2 Å². The molecule has 1 aromatic carbocycles. The summed E-state index contributed by atoms with van der Waals surface area (Å²) in [6, 6.07) is 7.80. The number of hydrogen-bond donors (Lipinski definition) is 1. The number of aromatic nitrogens is 3. The maximum absolute atomic E-state index is 13.0. The van der Waals surface area contributed by atoms with Gasteiger partial charge in [-0.15, -0.1) is 0 Å². The van der Waals surface area contributed by atoms with Crippen LogP contribution in [0, 0.1) is 0 Å². The highest BCUT2D eigenvalue weighted by Crippen LogP contribution is 2.36. The van der Waals surface area contributed by atoms with Gasteiger partial charge in [0.05, 0.1) is 11.3 Å². The van der Waals surface area contributed by atoms with Gasteiger partial charge in [0.15, 0.2) is 5.65 Å². The normalized spacial score (nSPS) is 11.9. The van der Waals surface area contributed by atoms with Crippen LogP contribution in [0.1, 0.15) is 5.56 Å². The molecule has 0 aliphatic rings. The zero-order chi connectivity index (χ0) is 14.3. The van der Waals surface area contributed by atoms with Gasteiger partial charge < -0.3 is 0 Å². The molecule has 7 heteroatoms. The van der Waals surface area contributed by atoms with E-state index in [1.54, 1.807) is 0 Å². The largest absolute Gasteiger partial charge is 0.417 e. The second kappa shape index (κ2) is 4.22. The molecule has 0 radical (unpaired) electrons. The quantitative estimate of drug-likeness (QED) is 0.744. The van der Waals surface area contributed by atoms with Crippen molar-refractivity contribution in [3.63, 3.8) is 0 Å². The van der Waals surface area contributed by atoms with Crippen LogP contribution in [-0.2, 0) is 6.18 Å². The van der Waals surface area contributed by atoms with Crippen molar-refractivity contribution in [2.45, 2.75) is 6.18 Å². The van der Waals surface area contributed by atoms with E-state index in [2.05, 4.69) is 10.1 Å². The monoisotopic (exact) mass is 279 g/mol. The molecule has 0 atom stereocenters. The van der Waals surface area contributed by atoms with Gasteiger partial charge in [0.2, 0.25) is 0 Å². The Balaban J connectivity index is 2.27. The molecule has 0 saturated heterocycles. The van der Waals surface area contributed by atoms with Crippen molar-refractivity contribution in [2.75, 3.05) is 0 Å². The number of H-pyrrole nitrogens is 1. The summed E-state index contributed by atoms with van der Waals surface area (Å²) in [7, 11) is 0. The second-order valence-electron chi connectivity index (χ2n) is 4.19. The first-order valence-electron chi connectivity index (χ1n) is 5.70. The molecule has 0 amide bonds. The van der Waals surface area contributed by atoms with Crippen molar-refractivity contribution in [1.82, 2.24) is 14.6 Å². The zero-order valence-corrected chi connectivity index (χ0v) is 9.98. The molecule has 4 nitrogen and oxygen atoms in total. The van der Waals surface area contributed by atoms with Crippen LogP contribution < -0.4 is 5.56 Å². The number of alkyl halides is 3. The molecule has 2 heterocycles. The van der Waals surface area contributed by atoms with Crippen molar-refractivity contribution in [2.24, 2.45) is 0 Å². The molecule has 2 aromatic heterocycles. The summed E-state index contributed by atoms with van der Waals surface area (Å²) >= 11 is 0. The van der Waals surface area contributed by atoms with Crippen molar-refractivity contribution >= 4 is 5.65 Å². The van der Waals surface area contributed by atoms with Crippen molar-refractivity contribution in [1.29, 1.82) is 0 Å². The molecule has 102 valence electrons.